The minimum Gasteiger partial charge on any atom is -0.238 e. The minimum absolute atomic E-state index is 0.788. The predicted molar refractivity (Wildman–Crippen MR) is 67.4 cm³/mol. The number of aryl methyl sites for hydroxylation is 4. The third-order valence-corrected chi connectivity index (χ3v) is 2.73. The maximum absolute atomic E-state index is 4.58. The Balaban J connectivity index is 2.54. The highest BCUT2D eigenvalue weighted by Crippen LogP contribution is 2.13. The van der Waals surface area contributed by atoms with E-state index in [1.165, 1.54) is 5.69 Å². The average Bonchev–Trinajstić information content (AvgIpc) is 2.70. The summed E-state index contributed by atoms with van der Waals surface area (Å²) in [6.07, 6.45) is 1.90. The first-order chi connectivity index (χ1) is 8.13. The van der Waals surface area contributed by atoms with Crippen LogP contribution in [0.15, 0.2) is 12.1 Å². The molecule has 0 spiro atoms. The molecule has 2 aromatic rings. The lowest BCUT2D eigenvalue weighted by atomic mass is 10.2. The molecule has 17 heavy (non-hydrogen) atoms. The van der Waals surface area contributed by atoms with Crippen molar-refractivity contribution in [2.24, 2.45) is 0 Å². The van der Waals surface area contributed by atoms with E-state index in [2.05, 4.69) is 35.0 Å². The molecule has 4 heteroatoms. The van der Waals surface area contributed by atoms with Gasteiger partial charge in [-0.25, -0.2) is 14.6 Å². The summed E-state index contributed by atoms with van der Waals surface area (Å²) in [5.41, 5.74) is 3.28. The molecule has 4 nitrogen and oxygen atoms in total. The summed E-state index contributed by atoms with van der Waals surface area (Å²) < 4.78 is 1.93. The van der Waals surface area contributed by atoms with Crippen molar-refractivity contribution >= 4 is 0 Å². The summed E-state index contributed by atoms with van der Waals surface area (Å²) in [7, 11) is 0. The lowest BCUT2D eigenvalue weighted by Gasteiger charge is -2.06. The van der Waals surface area contributed by atoms with Crippen LogP contribution in [-0.2, 0) is 12.8 Å². The zero-order valence-corrected chi connectivity index (χ0v) is 10.9. The molecule has 0 N–H and O–H groups in total. The van der Waals surface area contributed by atoms with Crippen molar-refractivity contribution in [2.75, 3.05) is 0 Å². The first-order valence-corrected chi connectivity index (χ1v) is 6.04. The Morgan fingerprint density at radius 2 is 1.82 bits per heavy atom. The summed E-state index contributed by atoms with van der Waals surface area (Å²) in [6, 6.07) is 4.12. The summed E-state index contributed by atoms with van der Waals surface area (Å²) in [5, 5.41) is 4.58. The van der Waals surface area contributed by atoms with Crippen LogP contribution in [0.1, 0.15) is 36.8 Å². The van der Waals surface area contributed by atoms with Crippen LogP contribution in [0.5, 0.6) is 0 Å². The Hall–Kier alpha value is -1.71. The molecule has 0 bridgehead atoms. The van der Waals surface area contributed by atoms with Gasteiger partial charge in [0.25, 0.3) is 0 Å². The zero-order chi connectivity index (χ0) is 12.4. The van der Waals surface area contributed by atoms with Gasteiger partial charge in [0.05, 0.1) is 5.69 Å². The SMILES string of the molecule is CCc1cc(CC)n(-c2cc(C)nc(C)n2)n1. The van der Waals surface area contributed by atoms with Gasteiger partial charge < -0.3 is 0 Å². The highest BCUT2D eigenvalue weighted by atomic mass is 15.3. The fraction of sp³-hybridized carbons (Fsp3) is 0.462. The number of rotatable bonds is 3. The molecule has 2 aromatic heterocycles. The second-order valence-electron chi connectivity index (χ2n) is 4.16. The van der Waals surface area contributed by atoms with Gasteiger partial charge >= 0.3 is 0 Å². The molecule has 0 fully saturated rings. The van der Waals surface area contributed by atoms with Gasteiger partial charge in [-0.3, -0.25) is 0 Å². The van der Waals surface area contributed by atoms with Crippen LogP contribution in [0, 0.1) is 13.8 Å². The van der Waals surface area contributed by atoms with Crippen LogP contribution in [-0.4, -0.2) is 19.7 Å². The smallest absolute Gasteiger partial charge is 0.157 e. The predicted octanol–water partition coefficient (Wildman–Crippen LogP) is 2.40. The van der Waals surface area contributed by atoms with Crippen molar-refractivity contribution in [2.45, 2.75) is 40.5 Å². The van der Waals surface area contributed by atoms with E-state index in [4.69, 9.17) is 0 Å². The number of nitrogens with zero attached hydrogens (tertiary/aromatic N) is 4. The zero-order valence-electron chi connectivity index (χ0n) is 10.9. The molecule has 0 saturated heterocycles. The number of aromatic nitrogens is 4. The summed E-state index contributed by atoms with van der Waals surface area (Å²) in [4.78, 5) is 8.74. The molecule has 0 radical (unpaired) electrons. The van der Waals surface area contributed by atoms with Crippen molar-refractivity contribution in [3.8, 4) is 5.82 Å². The van der Waals surface area contributed by atoms with Gasteiger partial charge in [-0.2, -0.15) is 5.10 Å². The minimum atomic E-state index is 0.788. The van der Waals surface area contributed by atoms with Crippen molar-refractivity contribution < 1.29 is 0 Å². The fourth-order valence-electron chi connectivity index (χ4n) is 1.90. The van der Waals surface area contributed by atoms with Gasteiger partial charge in [0.15, 0.2) is 5.82 Å². The lowest BCUT2D eigenvalue weighted by molar-refractivity contribution is 0.760. The van der Waals surface area contributed by atoms with Gasteiger partial charge in [-0.05, 0) is 32.8 Å². The molecular weight excluding hydrogens is 212 g/mol. The molecule has 0 aliphatic carbocycles. The van der Waals surface area contributed by atoms with E-state index in [-0.39, 0.29) is 0 Å². The van der Waals surface area contributed by atoms with Crippen molar-refractivity contribution in [1.29, 1.82) is 0 Å². The van der Waals surface area contributed by atoms with Crippen molar-refractivity contribution in [3.63, 3.8) is 0 Å². The molecule has 0 aliphatic heterocycles. The third-order valence-electron chi connectivity index (χ3n) is 2.73. The second-order valence-corrected chi connectivity index (χ2v) is 4.16. The molecule has 90 valence electrons. The molecule has 0 amide bonds. The van der Waals surface area contributed by atoms with Crippen LogP contribution in [0.3, 0.4) is 0 Å². The van der Waals surface area contributed by atoms with Gasteiger partial charge in [-0.15, -0.1) is 0 Å². The Kier molecular flexibility index (Phi) is 3.22. The topological polar surface area (TPSA) is 43.6 Å². The van der Waals surface area contributed by atoms with Crippen molar-refractivity contribution in [1.82, 2.24) is 19.7 Å². The Labute approximate surface area is 102 Å². The molecule has 0 saturated carbocycles. The molecule has 2 rings (SSSR count). The monoisotopic (exact) mass is 230 g/mol. The molecule has 2 heterocycles. The Bertz CT molecular complexity index is 508. The van der Waals surface area contributed by atoms with Gasteiger partial charge in [0.1, 0.15) is 5.82 Å². The van der Waals surface area contributed by atoms with E-state index in [0.29, 0.717) is 0 Å². The summed E-state index contributed by atoms with van der Waals surface area (Å²) in [5.74, 6) is 1.65. The quantitative estimate of drug-likeness (QED) is 0.813. The van der Waals surface area contributed by atoms with Crippen LogP contribution in [0.4, 0.5) is 0 Å². The normalized spacial score (nSPS) is 10.8. The first kappa shape index (κ1) is 11.8. The molecule has 0 unspecified atom stereocenters. The van der Waals surface area contributed by atoms with Crippen LogP contribution in [0.2, 0.25) is 0 Å². The summed E-state index contributed by atoms with van der Waals surface area (Å²) >= 11 is 0. The van der Waals surface area contributed by atoms with Crippen molar-refractivity contribution in [3.05, 3.63) is 35.0 Å². The molecule has 0 aromatic carbocycles. The second kappa shape index (κ2) is 4.65. The van der Waals surface area contributed by atoms with E-state index < -0.39 is 0 Å². The first-order valence-electron chi connectivity index (χ1n) is 6.04. The van der Waals surface area contributed by atoms with Gasteiger partial charge in [0, 0.05) is 17.5 Å². The third kappa shape index (κ3) is 2.35. The number of hydrogen-bond acceptors (Lipinski definition) is 3. The maximum Gasteiger partial charge on any atom is 0.157 e. The van der Waals surface area contributed by atoms with E-state index in [0.717, 1.165) is 35.9 Å². The van der Waals surface area contributed by atoms with Crippen LogP contribution >= 0.6 is 0 Å². The van der Waals surface area contributed by atoms with E-state index in [1.54, 1.807) is 0 Å². The van der Waals surface area contributed by atoms with Gasteiger partial charge in [0.2, 0.25) is 0 Å². The van der Waals surface area contributed by atoms with Crippen LogP contribution in [0.25, 0.3) is 5.82 Å². The largest absolute Gasteiger partial charge is 0.238 e. The van der Waals surface area contributed by atoms with E-state index in [1.807, 2.05) is 24.6 Å². The molecular formula is C13H18N4. The lowest BCUT2D eigenvalue weighted by Crippen LogP contribution is -2.06. The fourth-order valence-corrected chi connectivity index (χ4v) is 1.90. The highest BCUT2D eigenvalue weighted by molar-refractivity contribution is 5.28. The number of hydrogen-bond donors (Lipinski definition) is 0. The maximum atomic E-state index is 4.58. The Morgan fingerprint density at radius 3 is 2.41 bits per heavy atom. The highest BCUT2D eigenvalue weighted by Gasteiger charge is 2.09. The molecule has 0 atom stereocenters. The Morgan fingerprint density at radius 1 is 1.06 bits per heavy atom. The summed E-state index contributed by atoms with van der Waals surface area (Å²) in [6.45, 7) is 8.14. The molecule has 0 aliphatic rings. The van der Waals surface area contributed by atoms with Gasteiger partial charge in [-0.1, -0.05) is 13.8 Å². The average molecular weight is 230 g/mol. The van der Waals surface area contributed by atoms with Crippen LogP contribution < -0.4 is 0 Å². The van der Waals surface area contributed by atoms with E-state index >= 15 is 0 Å². The standard InChI is InChI=1S/C13H18N4/c1-5-11-8-12(6-2)17(16-11)13-7-9(3)14-10(4)15-13/h7-8H,5-6H2,1-4H3. The van der Waals surface area contributed by atoms with E-state index in [9.17, 15) is 0 Å².